The molecule has 2 N–H and O–H groups in total. The van der Waals surface area contributed by atoms with Crippen LogP contribution in [0.3, 0.4) is 0 Å². The Morgan fingerprint density at radius 1 is 1.43 bits per heavy atom. The summed E-state index contributed by atoms with van der Waals surface area (Å²) in [7, 11) is 0. The number of aliphatic hydroxyl groups excluding tert-OH is 1. The molecule has 0 aliphatic rings. The van der Waals surface area contributed by atoms with Crippen LogP contribution in [0, 0.1) is 0 Å². The Morgan fingerprint density at radius 2 is 2.21 bits per heavy atom. The van der Waals surface area contributed by atoms with Crippen LogP contribution in [0.5, 0.6) is 0 Å². The molecule has 0 aliphatic heterocycles. The van der Waals surface area contributed by atoms with Crippen molar-refractivity contribution >= 4 is 11.3 Å². The first kappa shape index (κ1) is 11.7. The fraction of sp³-hybridized carbons (Fsp3) is 0.636. The normalized spacial score (nSPS) is 15.4. The molecule has 0 saturated carbocycles. The molecule has 1 aromatic heterocycles. The third-order valence-electron chi connectivity index (χ3n) is 2.25. The van der Waals surface area contributed by atoms with Crippen molar-refractivity contribution in [1.82, 2.24) is 5.32 Å². The van der Waals surface area contributed by atoms with Gasteiger partial charge in [-0.15, -0.1) is 0 Å². The Balaban J connectivity index is 2.25. The van der Waals surface area contributed by atoms with Gasteiger partial charge in [-0.05, 0) is 49.1 Å². The van der Waals surface area contributed by atoms with Crippen LogP contribution in [0.25, 0.3) is 0 Å². The van der Waals surface area contributed by atoms with E-state index in [4.69, 9.17) is 5.11 Å². The average molecular weight is 213 g/mol. The van der Waals surface area contributed by atoms with Gasteiger partial charge in [0.1, 0.15) is 0 Å². The molecule has 0 aromatic carbocycles. The fourth-order valence-electron chi connectivity index (χ4n) is 1.58. The van der Waals surface area contributed by atoms with Crippen LogP contribution in [-0.2, 0) is 6.42 Å². The zero-order valence-electron chi connectivity index (χ0n) is 8.86. The molecule has 0 amide bonds. The Kier molecular flexibility index (Phi) is 5.15. The predicted octanol–water partition coefficient (Wildman–Crippen LogP) is 2.04. The van der Waals surface area contributed by atoms with Crippen molar-refractivity contribution < 1.29 is 5.11 Å². The third-order valence-corrected chi connectivity index (χ3v) is 2.99. The highest BCUT2D eigenvalue weighted by Gasteiger charge is 2.07. The summed E-state index contributed by atoms with van der Waals surface area (Å²) in [6.45, 7) is 4.56. The molecular formula is C11H19NOS. The van der Waals surface area contributed by atoms with Crippen LogP contribution in [0.1, 0.15) is 25.8 Å². The summed E-state index contributed by atoms with van der Waals surface area (Å²) in [6, 6.07) is 3.04. The van der Waals surface area contributed by atoms with E-state index in [1.165, 1.54) is 5.56 Å². The highest BCUT2D eigenvalue weighted by Crippen LogP contribution is 2.09. The van der Waals surface area contributed by atoms with Crippen LogP contribution < -0.4 is 5.32 Å². The van der Waals surface area contributed by atoms with Gasteiger partial charge in [-0.3, -0.25) is 0 Å². The van der Waals surface area contributed by atoms with Crippen molar-refractivity contribution in [2.45, 2.75) is 38.8 Å². The zero-order valence-corrected chi connectivity index (χ0v) is 9.68. The van der Waals surface area contributed by atoms with E-state index in [9.17, 15) is 0 Å². The number of aliphatic hydroxyl groups is 1. The maximum atomic E-state index is 8.77. The molecule has 2 atom stereocenters. The monoisotopic (exact) mass is 213 g/mol. The number of thiophene rings is 1. The molecule has 1 unspecified atom stereocenters. The van der Waals surface area contributed by atoms with Gasteiger partial charge in [0.15, 0.2) is 0 Å². The topological polar surface area (TPSA) is 32.3 Å². The lowest BCUT2D eigenvalue weighted by Crippen LogP contribution is -2.36. The smallest absolute Gasteiger partial charge is 0.0445 e. The molecule has 0 saturated heterocycles. The molecule has 0 bridgehead atoms. The van der Waals surface area contributed by atoms with Crippen molar-refractivity contribution in [2.75, 3.05) is 6.61 Å². The highest BCUT2D eigenvalue weighted by molar-refractivity contribution is 7.07. The lowest BCUT2D eigenvalue weighted by molar-refractivity contribution is 0.264. The third kappa shape index (κ3) is 4.22. The van der Waals surface area contributed by atoms with Crippen molar-refractivity contribution in [2.24, 2.45) is 0 Å². The van der Waals surface area contributed by atoms with E-state index in [2.05, 4.69) is 36.0 Å². The first-order valence-electron chi connectivity index (χ1n) is 5.10. The lowest BCUT2D eigenvalue weighted by atomic mass is 10.1. The number of hydrogen-bond donors (Lipinski definition) is 2. The van der Waals surface area contributed by atoms with Gasteiger partial charge in [0.05, 0.1) is 0 Å². The quantitative estimate of drug-likeness (QED) is 0.758. The van der Waals surface area contributed by atoms with Gasteiger partial charge < -0.3 is 10.4 Å². The summed E-state index contributed by atoms with van der Waals surface area (Å²) in [4.78, 5) is 0. The van der Waals surface area contributed by atoms with Crippen LogP contribution in [0.4, 0.5) is 0 Å². The molecule has 14 heavy (non-hydrogen) atoms. The first-order chi connectivity index (χ1) is 6.72. The van der Waals surface area contributed by atoms with E-state index >= 15 is 0 Å². The average Bonchev–Trinajstić information content (AvgIpc) is 2.56. The van der Waals surface area contributed by atoms with Crippen molar-refractivity contribution in [3.05, 3.63) is 22.4 Å². The van der Waals surface area contributed by atoms with E-state index in [1.54, 1.807) is 11.3 Å². The Hall–Kier alpha value is -0.380. The van der Waals surface area contributed by atoms with Crippen LogP contribution in [0.15, 0.2) is 16.8 Å². The van der Waals surface area contributed by atoms with Gasteiger partial charge in [-0.25, -0.2) is 0 Å². The Labute approximate surface area is 90.0 Å². The summed E-state index contributed by atoms with van der Waals surface area (Å²) < 4.78 is 0. The maximum Gasteiger partial charge on any atom is 0.0445 e. The SMILES string of the molecule is CC(Cc1ccsc1)N[C@H](C)CCO. The molecule has 0 aliphatic carbocycles. The predicted molar refractivity (Wildman–Crippen MR) is 61.8 cm³/mol. The van der Waals surface area contributed by atoms with Gasteiger partial charge in [0, 0.05) is 18.7 Å². The van der Waals surface area contributed by atoms with E-state index in [1.807, 2.05) is 0 Å². The first-order valence-corrected chi connectivity index (χ1v) is 6.04. The molecule has 80 valence electrons. The van der Waals surface area contributed by atoms with E-state index in [0.717, 1.165) is 12.8 Å². The molecule has 0 radical (unpaired) electrons. The molecule has 0 fully saturated rings. The fourth-order valence-corrected chi connectivity index (χ4v) is 2.27. The van der Waals surface area contributed by atoms with Gasteiger partial charge in [-0.2, -0.15) is 11.3 Å². The summed E-state index contributed by atoms with van der Waals surface area (Å²) in [5.41, 5.74) is 1.39. The number of hydrogen-bond acceptors (Lipinski definition) is 3. The Morgan fingerprint density at radius 3 is 2.79 bits per heavy atom. The van der Waals surface area contributed by atoms with Gasteiger partial charge in [0.25, 0.3) is 0 Å². The molecule has 1 aromatic rings. The molecule has 1 rings (SSSR count). The second-order valence-electron chi connectivity index (χ2n) is 3.82. The second-order valence-corrected chi connectivity index (χ2v) is 4.60. The van der Waals surface area contributed by atoms with Gasteiger partial charge >= 0.3 is 0 Å². The summed E-state index contributed by atoms with van der Waals surface area (Å²) in [5, 5.41) is 16.5. The standard InChI is InChI=1S/C11H19NOS/c1-9(3-5-13)12-10(2)7-11-4-6-14-8-11/h4,6,8-10,12-13H,3,5,7H2,1-2H3/t9-,10?/m1/s1. The molecule has 3 heteroatoms. The summed E-state index contributed by atoms with van der Waals surface area (Å²) in [6.07, 6.45) is 1.90. The largest absolute Gasteiger partial charge is 0.396 e. The van der Waals surface area contributed by atoms with Crippen LogP contribution in [-0.4, -0.2) is 23.8 Å². The molecular weight excluding hydrogens is 194 g/mol. The molecule has 0 spiro atoms. The van der Waals surface area contributed by atoms with Crippen molar-refractivity contribution in [3.63, 3.8) is 0 Å². The minimum Gasteiger partial charge on any atom is -0.396 e. The van der Waals surface area contributed by atoms with E-state index in [0.29, 0.717) is 12.1 Å². The van der Waals surface area contributed by atoms with Gasteiger partial charge in [-0.1, -0.05) is 0 Å². The van der Waals surface area contributed by atoms with E-state index in [-0.39, 0.29) is 6.61 Å². The number of nitrogens with one attached hydrogen (secondary N) is 1. The maximum absolute atomic E-state index is 8.77. The van der Waals surface area contributed by atoms with Gasteiger partial charge in [0.2, 0.25) is 0 Å². The highest BCUT2D eigenvalue weighted by atomic mass is 32.1. The number of rotatable bonds is 6. The lowest BCUT2D eigenvalue weighted by Gasteiger charge is -2.18. The zero-order chi connectivity index (χ0) is 10.4. The van der Waals surface area contributed by atoms with Crippen LogP contribution in [0.2, 0.25) is 0 Å². The van der Waals surface area contributed by atoms with Crippen LogP contribution >= 0.6 is 11.3 Å². The van der Waals surface area contributed by atoms with E-state index < -0.39 is 0 Å². The second kappa shape index (κ2) is 6.17. The molecule has 2 nitrogen and oxygen atoms in total. The van der Waals surface area contributed by atoms with Crippen molar-refractivity contribution in [1.29, 1.82) is 0 Å². The minimum absolute atomic E-state index is 0.263. The Bertz CT molecular complexity index is 235. The molecule has 1 heterocycles. The summed E-state index contributed by atoms with van der Waals surface area (Å²) in [5.74, 6) is 0. The summed E-state index contributed by atoms with van der Waals surface area (Å²) >= 11 is 1.74. The minimum atomic E-state index is 0.263. The van der Waals surface area contributed by atoms with Crippen molar-refractivity contribution in [3.8, 4) is 0 Å².